The molecule has 0 saturated heterocycles. The van der Waals surface area contributed by atoms with Crippen molar-refractivity contribution in [3.63, 3.8) is 0 Å². The minimum atomic E-state index is -0.606. The van der Waals surface area contributed by atoms with Crippen LogP contribution in [0.25, 0.3) is 0 Å². The van der Waals surface area contributed by atoms with E-state index in [1.54, 1.807) is 0 Å². The fourth-order valence-corrected chi connectivity index (χ4v) is 7.03. The van der Waals surface area contributed by atoms with E-state index in [2.05, 4.69) is 142 Å². The summed E-state index contributed by atoms with van der Waals surface area (Å²) < 4.78 is 17.3. The molecule has 5 nitrogen and oxygen atoms in total. The fourth-order valence-electron chi connectivity index (χ4n) is 7.03. The lowest BCUT2D eigenvalue weighted by atomic mass is 10.1. The van der Waals surface area contributed by atoms with Gasteiger partial charge in [0, 0.05) is 12.8 Å². The minimum Gasteiger partial charge on any atom is -0.462 e. The maximum Gasteiger partial charge on any atom is 0.306 e. The van der Waals surface area contributed by atoms with E-state index < -0.39 is 6.10 Å². The standard InChI is InChI=1S/C61H100O5/c1-4-7-10-13-16-19-22-25-28-30-31-32-34-36-39-42-45-48-51-54-60(62)65-58-59(57-64-56-53-50-47-44-41-38-35-29-26-23-20-17-14-11-8-5-2)66-61(63)55-52-49-46-43-40-37-33-27-24-21-18-15-12-9-6-3/h8-9,11-12,17-18,20-21,25-29,33,38,40-41,43,47,50,59H,4-7,10,13-16,19,22-24,30-32,34-37,39,42,44-46,48-49,51-58H2,1-3H3/b11-8-,12-9-,20-17-,21-18-,28-25-,29-26-,33-27-,41-38-,43-40-,50-47-. The summed E-state index contributed by atoms with van der Waals surface area (Å²) in [7, 11) is 0. The van der Waals surface area contributed by atoms with Crippen LogP contribution in [-0.4, -0.2) is 37.9 Å². The van der Waals surface area contributed by atoms with Crippen LogP contribution in [-0.2, 0) is 23.8 Å². The van der Waals surface area contributed by atoms with E-state index in [4.69, 9.17) is 14.2 Å². The molecule has 0 aliphatic heterocycles. The average molecular weight is 913 g/mol. The van der Waals surface area contributed by atoms with Gasteiger partial charge in [-0.3, -0.25) is 9.59 Å². The van der Waals surface area contributed by atoms with Gasteiger partial charge in [0.1, 0.15) is 6.61 Å². The van der Waals surface area contributed by atoms with Crippen LogP contribution >= 0.6 is 0 Å². The van der Waals surface area contributed by atoms with Crippen LogP contribution in [0.5, 0.6) is 0 Å². The number of allylic oxidation sites excluding steroid dienone is 19. The molecule has 0 radical (unpaired) electrons. The Hall–Kier alpha value is -3.70. The Kier molecular flexibility index (Phi) is 52.5. The van der Waals surface area contributed by atoms with E-state index in [1.807, 2.05) is 0 Å². The molecule has 0 saturated carbocycles. The first-order valence-corrected chi connectivity index (χ1v) is 27.1. The molecule has 0 rings (SSSR count). The zero-order valence-corrected chi connectivity index (χ0v) is 42.9. The molecule has 0 heterocycles. The molecule has 0 aromatic rings. The number of ether oxygens (including phenoxy) is 3. The van der Waals surface area contributed by atoms with Crippen LogP contribution in [0, 0.1) is 0 Å². The van der Waals surface area contributed by atoms with Gasteiger partial charge in [-0.2, -0.15) is 0 Å². The predicted octanol–water partition coefficient (Wildman–Crippen LogP) is 18.6. The number of esters is 2. The number of carbonyl (C=O) groups is 2. The lowest BCUT2D eigenvalue weighted by molar-refractivity contribution is -0.162. The van der Waals surface area contributed by atoms with Crippen molar-refractivity contribution in [1.82, 2.24) is 0 Å². The molecule has 0 fully saturated rings. The first-order chi connectivity index (χ1) is 32.6. The summed E-state index contributed by atoms with van der Waals surface area (Å²) >= 11 is 0. The summed E-state index contributed by atoms with van der Waals surface area (Å²) in [6.45, 7) is 7.33. The van der Waals surface area contributed by atoms with Crippen LogP contribution in [0.4, 0.5) is 0 Å². The van der Waals surface area contributed by atoms with E-state index in [0.29, 0.717) is 19.4 Å². The summed E-state index contributed by atoms with van der Waals surface area (Å²) in [4.78, 5) is 25.4. The summed E-state index contributed by atoms with van der Waals surface area (Å²) in [5, 5.41) is 0. The molecule has 1 unspecified atom stereocenters. The zero-order chi connectivity index (χ0) is 47.7. The van der Waals surface area contributed by atoms with Gasteiger partial charge in [0.2, 0.25) is 0 Å². The van der Waals surface area contributed by atoms with Gasteiger partial charge in [-0.05, 0) is 116 Å². The van der Waals surface area contributed by atoms with Crippen LogP contribution in [0.2, 0.25) is 0 Å². The Morgan fingerprint density at radius 2 is 0.682 bits per heavy atom. The zero-order valence-electron chi connectivity index (χ0n) is 42.9. The molecule has 0 aromatic carbocycles. The number of hydrogen-bond donors (Lipinski definition) is 0. The first kappa shape index (κ1) is 62.3. The van der Waals surface area contributed by atoms with E-state index in [0.717, 1.165) is 103 Å². The van der Waals surface area contributed by atoms with Crippen molar-refractivity contribution in [3.8, 4) is 0 Å². The van der Waals surface area contributed by atoms with Crippen LogP contribution in [0.3, 0.4) is 0 Å². The molecule has 0 aliphatic rings. The van der Waals surface area contributed by atoms with Gasteiger partial charge in [-0.1, -0.05) is 219 Å². The van der Waals surface area contributed by atoms with Gasteiger partial charge in [-0.15, -0.1) is 0 Å². The van der Waals surface area contributed by atoms with Crippen molar-refractivity contribution < 1.29 is 23.8 Å². The number of rotatable bonds is 48. The van der Waals surface area contributed by atoms with Crippen molar-refractivity contribution in [2.45, 2.75) is 232 Å². The number of carbonyl (C=O) groups excluding carboxylic acids is 2. The number of hydrogen-bond acceptors (Lipinski definition) is 5. The van der Waals surface area contributed by atoms with Crippen LogP contribution in [0.15, 0.2) is 122 Å². The van der Waals surface area contributed by atoms with Crippen LogP contribution < -0.4 is 0 Å². The fraction of sp³-hybridized carbons (Fsp3) is 0.639. The van der Waals surface area contributed by atoms with Crippen molar-refractivity contribution in [2.75, 3.05) is 19.8 Å². The summed E-state index contributed by atoms with van der Waals surface area (Å²) in [6.07, 6.45) is 78.1. The van der Waals surface area contributed by atoms with Crippen molar-refractivity contribution in [3.05, 3.63) is 122 Å². The van der Waals surface area contributed by atoms with Crippen molar-refractivity contribution in [1.29, 1.82) is 0 Å². The monoisotopic (exact) mass is 913 g/mol. The molecule has 1 atom stereocenters. The summed E-state index contributed by atoms with van der Waals surface area (Å²) in [6, 6.07) is 0. The highest BCUT2D eigenvalue weighted by molar-refractivity contribution is 5.70. The molecular weight excluding hydrogens is 813 g/mol. The Morgan fingerprint density at radius 1 is 0.348 bits per heavy atom. The molecule has 0 bridgehead atoms. The molecule has 374 valence electrons. The maximum absolute atomic E-state index is 12.8. The predicted molar refractivity (Wildman–Crippen MR) is 288 cm³/mol. The van der Waals surface area contributed by atoms with E-state index in [9.17, 15) is 9.59 Å². The Bertz CT molecular complexity index is 1350. The molecular formula is C61H100O5. The van der Waals surface area contributed by atoms with Gasteiger partial charge in [-0.25, -0.2) is 0 Å². The van der Waals surface area contributed by atoms with Gasteiger partial charge in [0.05, 0.1) is 13.2 Å². The second kappa shape index (κ2) is 55.6. The molecule has 0 spiro atoms. The van der Waals surface area contributed by atoms with Gasteiger partial charge < -0.3 is 14.2 Å². The topological polar surface area (TPSA) is 61.8 Å². The second-order valence-electron chi connectivity index (χ2n) is 17.4. The third kappa shape index (κ3) is 52.9. The minimum absolute atomic E-state index is 0.0309. The third-order valence-electron chi connectivity index (χ3n) is 11.0. The van der Waals surface area contributed by atoms with Crippen molar-refractivity contribution in [2.24, 2.45) is 0 Å². The maximum atomic E-state index is 12.8. The average Bonchev–Trinajstić information content (AvgIpc) is 3.32. The largest absolute Gasteiger partial charge is 0.462 e. The van der Waals surface area contributed by atoms with Crippen LogP contribution in [0.1, 0.15) is 226 Å². The lowest BCUT2D eigenvalue weighted by Gasteiger charge is -2.18. The second-order valence-corrected chi connectivity index (χ2v) is 17.4. The summed E-state index contributed by atoms with van der Waals surface area (Å²) in [5.41, 5.74) is 0. The molecule has 66 heavy (non-hydrogen) atoms. The highest BCUT2D eigenvalue weighted by Crippen LogP contribution is 2.13. The molecule has 0 amide bonds. The molecule has 0 aliphatic carbocycles. The Balaban J connectivity index is 4.43. The highest BCUT2D eigenvalue weighted by Gasteiger charge is 2.17. The van der Waals surface area contributed by atoms with Crippen molar-refractivity contribution >= 4 is 11.9 Å². The number of unbranched alkanes of at least 4 members (excludes halogenated alkanes) is 17. The molecule has 0 aromatic heterocycles. The highest BCUT2D eigenvalue weighted by atomic mass is 16.6. The van der Waals surface area contributed by atoms with Gasteiger partial charge >= 0.3 is 11.9 Å². The Morgan fingerprint density at radius 3 is 1.14 bits per heavy atom. The van der Waals surface area contributed by atoms with E-state index in [-0.39, 0.29) is 25.2 Å². The van der Waals surface area contributed by atoms with Gasteiger partial charge in [0.15, 0.2) is 6.10 Å². The molecule has 0 N–H and O–H groups in total. The first-order valence-electron chi connectivity index (χ1n) is 27.1. The molecule has 5 heteroatoms. The van der Waals surface area contributed by atoms with E-state index >= 15 is 0 Å². The SMILES string of the molecule is CC/C=C\C/C=C\C/C=C\C/C=C\C/C=C\CCOCC(COC(=O)CCCCCCCCCCC/C=C\CCCCCCCC)OC(=O)CCCC/C=C\C/C=C\C/C=C\C/C=C\CC. The third-order valence-corrected chi connectivity index (χ3v) is 11.0. The van der Waals surface area contributed by atoms with E-state index in [1.165, 1.54) is 89.9 Å². The Labute approximate surface area is 407 Å². The quantitative estimate of drug-likeness (QED) is 0.0346. The van der Waals surface area contributed by atoms with Gasteiger partial charge in [0.25, 0.3) is 0 Å². The normalized spacial score (nSPS) is 13.2. The lowest BCUT2D eigenvalue weighted by Crippen LogP contribution is -2.30. The smallest absolute Gasteiger partial charge is 0.306 e. The summed E-state index contributed by atoms with van der Waals surface area (Å²) in [5.74, 6) is -0.493.